The number of nitrogens with zero attached hydrogens (tertiary/aromatic N) is 4. The highest BCUT2D eigenvalue weighted by molar-refractivity contribution is 7.92. The molecule has 0 saturated heterocycles. The number of para-hydroxylation sites is 1. The van der Waals surface area contributed by atoms with Crippen molar-refractivity contribution in [1.82, 2.24) is 35.3 Å². The van der Waals surface area contributed by atoms with E-state index in [0.717, 1.165) is 6.07 Å². The van der Waals surface area contributed by atoms with Gasteiger partial charge in [0.25, 0.3) is 0 Å². The maximum atomic E-state index is 13.2. The van der Waals surface area contributed by atoms with E-state index in [1.807, 2.05) is 0 Å². The van der Waals surface area contributed by atoms with Crippen LogP contribution in [-0.4, -0.2) is 71.7 Å². The van der Waals surface area contributed by atoms with E-state index in [0.29, 0.717) is 22.4 Å². The Labute approximate surface area is 199 Å². The van der Waals surface area contributed by atoms with Gasteiger partial charge in [-0.15, -0.1) is 10.2 Å². The summed E-state index contributed by atoms with van der Waals surface area (Å²) in [6.45, 7) is -0.716. The molecular weight excluding hydrogens is 500 g/mol. The van der Waals surface area contributed by atoms with Gasteiger partial charge in [0.2, 0.25) is 25.9 Å². The van der Waals surface area contributed by atoms with Crippen LogP contribution in [0.5, 0.6) is 0 Å². The second-order valence-electron chi connectivity index (χ2n) is 7.42. The van der Waals surface area contributed by atoms with E-state index in [-0.39, 0.29) is 30.0 Å². The quantitative estimate of drug-likeness (QED) is 0.128. The lowest BCUT2D eigenvalue weighted by atomic mass is 9.98. The van der Waals surface area contributed by atoms with Gasteiger partial charge in [-0.05, 0) is 22.9 Å². The maximum Gasteiger partial charge on any atom is 0.242 e. The number of fused-ring (bicyclic) bond motifs is 1. The van der Waals surface area contributed by atoms with Crippen molar-refractivity contribution in [2.45, 2.75) is 22.4 Å². The number of aliphatic hydroxyl groups is 1. The number of hydrogen-bond donors (Lipinski definition) is 7. The molecule has 2 aromatic carbocycles. The number of tetrazole rings is 1. The summed E-state index contributed by atoms with van der Waals surface area (Å²) in [6.07, 6.45) is 0. The molecule has 0 saturated carbocycles. The third kappa shape index (κ3) is 4.65. The molecule has 186 valence electrons. The Morgan fingerprint density at radius 3 is 2.46 bits per heavy atom. The lowest BCUT2D eigenvalue weighted by Crippen LogP contribution is -2.43. The maximum absolute atomic E-state index is 13.2. The van der Waals surface area contributed by atoms with Gasteiger partial charge in [-0.25, -0.2) is 31.7 Å². The Kier molecular flexibility index (Phi) is 6.64. The van der Waals surface area contributed by atoms with Crippen LogP contribution in [0.1, 0.15) is 5.82 Å². The molecule has 0 fully saturated rings. The van der Waals surface area contributed by atoms with Crippen LogP contribution in [0.25, 0.3) is 33.5 Å². The number of nitrogens with two attached hydrogens (primary N) is 3. The van der Waals surface area contributed by atoms with Gasteiger partial charge < -0.3 is 21.6 Å². The first kappa shape index (κ1) is 24.8. The monoisotopic (exact) mass is 522 g/mol. The molecule has 4 rings (SSSR count). The van der Waals surface area contributed by atoms with Crippen molar-refractivity contribution in [3.05, 3.63) is 36.2 Å². The zero-order valence-corrected chi connectivity index (χ0v) is 19.6. The van der Waals surface area contributed by atoms with E-state index in [4.69, 9.17) is 16.6 Å². The van der Waals surface area contributed by atoms with E-state index in [1.54, 1.807) is 18.2 Å². The molecular formula is C18H22N10O5S2. The average molecular weight is 523 g/mol. The fourth-order valence-corrected chi connectivity index (χ4v) is 6.45. The van der Waals surface area contributed by atoms with Crippen LogP contribution < -0.4 is 21.3 Å². The largest absolute Gasteiger partial charge is 0.395 e. The fourth-order valence-electron chi connectivity index (χ4n) is 3.61. The van der Waals surface area contributed by atoms with Crippen LogP contribution in [0.15, 0.2) is 40.1 Å². The van der Waals surface area contributed by atoms with Crippen molar-refractivity contribution in [3.8, 4) is 22.5 Å². The molecule has 1 unspecified atom stereocenters. The third-order valence-corrected chi connectivity index (χ3v) is 7.82. The number of primary sulfonamides is 1. The van der Waals surface area contributed by atoms with Crippen molar-refractivity contribution >= 4 is 31.1 Å². The third-order valence-electron chi connectivity index (χ3n) is 5.14. The highest BCUT2D eigenvalue weighted by Crippen LogP contribution is 2.40. The van der Waals surface area contributed by atoms with Gasteiger partial charge in [-0.2, -0.15) is 5.21 Å². The number of benzene rings is 2. The summed E-state index contributed by atoms with van der Waals surface area (Å²) in [5, 5.41) is 28.4. The van der Waals surface area contributed by atoms with Crippen LogP contribution >= 0.6 is 0 Å². The normalized spacial score (nSPS) is 13.4. The highest BCUT2D eigenvalue weighted by atomic mass is 32.2. The number of imidazole rings is 1. The molecule has 2 aromatic heterocycles. The second kappa shape index (κ2) is 9.38. The van der Waals surface area contributed by atoms with E-state index < -0.39 is 42.5 Å². The summed E-state index contributed by atoms with van der Waals surface area (Å²) in [5.41, 5.74) is 12.7. The smallest absolute Gasteiger partial charge is 0.242 e. The molecule has 0 bridgehead atoms. The van der Waals surface area contributed by atoms with Gasteiger partial charge in [-0.3, -0.25) is 0 Å². The Balaban J connectivity index is 2.09. The molecule has 0 aliphatic carbocycles. The molecule has 0 aliphatic rings. The number of rotatable bonds is 9. The summed E-state index contributed by atoms with van der Waals surface area (Å²) < 4.78 is 54.1. The lowest BCUT2D eigenvalue weighted by Gasteiger charge is -2.19. The number of hydrogen-bond acceptors (Lipinski definition) is 11. The van der Waals surface area contributed by atoms with Gasteiger partial charge in [0.05, 0.1) is 35.8 Å². The molecule has 17 heteroatoms. The molecule has 35 heavy (non-hydrogen) atoms. The Morgan fingerprint density at radius 2 is 1.86 bits per heavy atom. The molecule has 0 spiro atoms. The van der Waals surface area contributed by atoms with Crippen LogP contribution in [0.4, 0.5) is 0 Å². The fraction of sp³-hybridized carbons (Fsp3) is 0.222. The summed E-state index contributed by atoms with van der Waals surface area (Å²) >= 11 is 0. The van der Waals surface area contributed by atoms with E-state index in [1.165, 1.54) is 6.07 Å². The SMILES string of the molecule is NCc1nc2c(-c3ccc(S(=O)(=O)NC(CN)CO)c(S(N)(=O)=O)c3-c3nn[nH]n3)cccc2[nH]1. The van der Waals surface area contributed by atoms with Gasteiger partial charge in [-0.1, -0.05) is 18.2 Å². The van der Waals surface area contributed by atoms with Crippen LogP contribution in [0.3, 0.4) is 0 Å². The van der Waals surface area contributed by atoms with Gasteiger partial charge in [0, 0.05) is 12.1 Å². The summed E-state index contributed by atoms with van der Waals surface area (Å²) in [5.74, 6) is 0.269. The number of aromatic nitrogens is 6. The minimum atomic E-state index is -4.69. The topological polar surface area (TPSA) is 262 Å². The minimum Gasteiger partial charge on any atom is -0.395 e. The Hall–Kier alpha value is -3.32. The first-order chi connectivity index (χ1) is 16.6. The Bertz CT molecular complexity index is 1580. The van der Waals surface area contributed by atoms with Crippen molar-refractivity contribution in [3.63, 3.8) is 0 Å². The van der Waals surface area contributed by atoms with Crippen LogP contribution in [-0.2, 0) is 26.6 Å². The first-order valence-electron chi connectivity index (χ1n) is 10.1. The molecule has 4 aromatic rings. The predicted molar refractivity (Wildman–Crippen MR) is 124 cm³/mol. The highest BCUT2D eigenvalue weighted by Gasteiger charge is 2.33. The Morgan fingerprint density at radius 1 is 1.09 bits per heavy atom. The van der Waals surface area contributed by atoms with Crippen molar-refractivity contribution in [2.75, 3.05) is 13.2 Å². The van der Waals surface area contributed by atoms with Gasteiger partial charge >= 0.3 is 0 Å². The molecule has 0 radical (unpaired) electrons. The lowest BCUT2D eigenvalue weighted by molar-refractivity contribution is 0.259. The first-order valence-corrected chi connectivity index (χ1v) is 13.1. The molecule has 1 atom stereocenters. The van der Waals surface area contributed by atoms with E-state index in [2.05, 4.69) is 35.3 Å². The molecule has 15 nitrogen and oxygen atoms in total. The molecule has 0 aliphatic heterocycles. The zero-order chi connectivity index (χ0) is 25.4. The standard InChI is InChI=1S/C18H22N10O5S2/c19-6-9(8-29)26-35(32,33)13-5-4-10(11-2-1-3-12-16(11)23-14(7-20)22-12)15(17(13)34(21,30)31)18-24-27-28-25-18/h1-5,9,26,29H,6-8,19-20H2,(H,22,23)(H2,21,30,31)(H,24,25,27,28). The zero-order valence-electron chi connectivity index (χ0n) is 18.0. The van der Waals surface area contributed by atoms with Crippen molar-refractivity contribution in [1.29, 1.82) is 0 Å². The van der Waals surface area contributed by atoms with Crippen molar-refractivity contribution < 1.29 is 21.9 Å². The number of H-pyrrole nitrogens is 2. The van der Waals surface area contributed by atoms with Crippen molar-refractivity contribution in [2.24, 2.45) is 16.6 Å². The average Bonchev–Trinajstić information content (AvgIpc) is 3.50. The summed E-state index contributed by atoms with van der Waals surface area (Å²) in [4.78, 5) is 6.08. The summed E-state index contributed by atoms with van der Waals surface area (Å²) in [7, 11) is -9.21. The molecule has 0 amide bonds. The van der Waals surface area contributed by atoms with Crippen LogP contribution in [0.2, 0.25) is 0 Å². The summed E-state index contributed by atoms with van der Waals surface area (Å²) in [6, 6.07) is 6.53. The number of aliphatic hydroxyl groups excluding tert-OH is 1. The number of nitrogens with one attached hydrogen (secondary N) is 3. The predicted octanol–water partition coefficient (Wildman–Crippen LogP) is -1.89. The number of sulfonamides is 2. The van der Waals surface area contributed by atoms with Gasteiger partial charge in [0.1, 0.15) is 15.6 Å². The van der Waals surface area contributed by atoms with E-state index in [9.17, 15) is 21.9 Å². The molecule has 10 N–H and O–H groups in total. The number of aromatic amines is 2. The van der Waals surface area contributed by atoms with Gasteiger partial charge in [0.15, 0.2) is 0 Å². The second-order valence-corrected chi connectivity index (χ2v) is 10.6. The van der Waals surface area contributed by atoms with E-state index >= 15 is 0 Å². The van der Waals surface area contributed by atoms with Crippen LogP contribution in [0, 0.1) is 0 Å². The minimum absolute atomic E-state index is 0.129. The molecule has 2 heterocycles.